The van der Waals surface area contributed by atoms with Crippen molar-refractivity contribution in [2.75, 3.05) is 0 Å². The van der Waals surface area contributed by atoms with Crippen LogP contribution in [0.5, 0.6) is 0 Å². The Hall–Kier alpha value is -0.630. The molecule has 1 aromatic carbocycles. The van der Waals surface area contributed by atoms with E-state index < -0.39 is 11.6 Å². The second-order valence-electron chi connectivity index (χ2n) is 4.70. The van der Waals surface area contributed by atoms with Gasteiger partial charge >= 0.3 is 0 Å². The maximum atomic E-state index is 13.8. The van der Waals surface area contributed by atoms with Crippen molar-refractivity contribution >= 4 is 11.6 Å². The molecule has 0 nitrogen and oxygen atoms in total. The molecular weight excluding hydrogens is 254 g/mol. The zero-order valence-corrected chi connectivity index (χ0v) is 13.0. The predicted octanol–water partition coefficient (Wildman–Crippen LogP) is 6.20. The summed E-state index contributed by atoms with van der Waals surface area (Å²) >= 11 is 5.70. The highest BCUT2D eigenvalue weighted by Gasteiger charge is 2.23. The summed E-state index contributed by atoms with van der Waals surface area (Å²) in [4.78, 5) is 0. The lowest BCUT2D eigenvalue weighted by Crippen LogP contribution is -2.07. The summed E-state index contributed by atoms with van der Waals surface area (Å²) in [6.07, 6.45) is 0. The number of benzene rings is 1. The molecule has 0 aromatic heterocycles. The molecule has 0 radical (unpaired) electrons. The standard InChI is InChI=1S/C13H17ClF2.C2H6/c1-6(2)9-8(5)10(7(3)4)13(16)11(14)12(9)15;1-2/h6-7H,1-5H3;1-2H3. The molecule has 0 saturated carbocycles. The lowest BCUT2D eigenvalue weighted by Gasteiger charge is -2.19. The average Bonchev–Trinajstić information content (AvgIpc) is 2.28. The Morgan fingerprint density at radius 3 is 1.33 bits per heavy atom. The number of hydrogen-bond donors (Lipinski definition) is 0. The first kappa shape index (κ1) is 17.4. The van der Waals surface area contributed by atoms with Gasteiger partial charge in [0, 0.05) is 0 Å². The summed E-state index contributed by atoms with van der Waals surface area (Å²) in [6.45, 7) is 13.3. The van der Waals surface area contributed by atoms with Crippen LogP contribution in [0.25, 0.3) is 0 Å². The van der Waals surface area contributed by atoms with E-state index >= 15 is 0 Å². The maximum Gasteiger partial charge on any atom is 0.148 e. The number of rotatable bonds is 2. The maximum absolute atomic E-state index is 13.8. The highest BCUT2D eigenvalue weighted by Crippen LogP contribution is 2.36. The molecule has 18 heavy (non-hydrogen) atoms. The highest BCUT2D eigenvalue weighted by atomic mass is 35.5. The van der Waals surface area contributed by atoms with Gasteiger partial charge in [0.1, 0.15) is 16.7 Å². The Labute approximate surface area is 114 Å². The van der Waals surface area contributed by atoms with Crippen molar-refractivity contribution in [1.29, 1.82) is 0 Å². The minimum Gasteiger partial charge on any atom is -0.205 e. The van der Waals surface area contributed by atoms with E-state index in [0.717, 1.165) is 0 Å². The van der Waals surface area contributed by atoms with E-state index in [1.165, 1.54) is 0 Å². The zero-order valence-electron chi connectivity index (χ0n) is 12.3. The first-order valence-electron chi connectivity index (χ1n) is 6.45. The Balaban J connectivity index is 0.00000137. The summed E-state index contributed by atoms with van der Waals surface area (Å²) in [5.41, 5.74) is 1.73. The minimum atomic E-state index is -0.615. The van der Waals surface area contributed by atoms with Crippen LogP contribution in [0.4, 0.5) is 8.78 Å². The van der Waals surface area contributed by atoms with E-state index in [2.05, 4.69) is 0 Å². The van der Waals surface area contributed by atoms with E-state index in [1.54, 1.807) is 6.92 Å². The van der Waals surface area contributed by atoms with E-state index in [4.69, 9.17) is 11.6 Å². The van der Waals surface area contributed by atoms with Crippen molar-refractivity contribution in [2.45, 2.75) is 60.3 Å². The Morgan fingerprint density at radius 1 is 0.833 bits per heavy atom. The zero-order chi connectivity index (χ0) is 14.6. The lowest BCUT2D eigenvalue weighted by atomic mass is 9.88. The van der Waals surface area contributed by atoms with Gasteiger partial charge in [0.05, 0.1) is 0 Å². The molecule has 1 aromatic rings. The fourth-order valence-electron chi connectivity index (χ4n) is 2.18. The van der Waals surface area contributed by atoms with Gasteiger partial charge in [-0.1, -0.05) is 53.1 Å². The summed E-state index contributed by atoms with van der Waals surface area (Å²) in [6, 6.07) is 0. The van der Waals surface area contributed by atoms with Gasteiger partial charge < -0.3 is 0 Å². The third-order valence-corrected chi connectivity index (χ3v) is 3.15. The van der Waals surface area contributed by atoms with Gasteiger partial charge in [-0.05, 0) is 35.4 Å². The molecule has 1 rings (SSSR count). The van der Waals surface area contributed by atoms with Gasteiger partial charge in [0.15, 0.2) is 0 Å². The molecule has 0 aliphatic carbocycles. The van der Waals surface area contributed by atoms with Crippen LogP contribution in [0.15, 0.2) is 0 Å². The van der Waals surface area contributed by atoms with Gasteiger partial charge in [-0.25, -0.2) is 8.78 Å². The molecule has 104 valence electrons. The van der Waals surface area contributed by atoms with E-state index in [0.29, 0.717) is 16.7 Å². The summed E-state index contributed by atoms with van der Waals surface area (Å²) in [5, 5.41) is -0.377. The van der Waals surface area contributed by atoms with Crippen molar-refractivity contribution in [3.63, 3.8) is 0 Å². The van der Waals surface area contributed by atoms with Gasteiger partial charge in [0.2, 0.25) is 0 Å². The SMILES string of the molecule is CC.Cc1c(C(C)C)c(F)c(Cl)c(F)c1C(C)C. The number of halogens is 3. The van der Waals surface area contributed by atoms with Gasteiger partial charge in [-0.2, -0.15) is 0 Å². The molecule has 0 spiro atoms. The first-order chi connectivity index (χ1) is 8.29. The van der Waals surface area contributed by atoms with Crippen LogP contribution in [0.3, 0.4) is 0 Å². The molecule has 0 fully saturated rings. The fourth-order valence-corrected chi connectivity index (χ4v) is 2.38. The topological polar surface area (TPSA) is 0 Å². The highest BCUT2D eigenvalue weighted by molar-refractivity contribution is 6.31. The number of hydrogen-bond acceptors (Lipinski definition) is 0. The summed E-state index contributed by atoms with van der Waals surface area (Å²) in [7, 11) is 0. The quantitative estimate of drug-likeness (QED) is 0.564. The van der Waals surface area contributed by atoms with E-state index in [-0.39, 0.29) is 16.9 Å². The Morgan fingerprint density at radius 2 is 1.11 bits per heavy atom. The van der Waals surface area contributed by atoms with Crippen molar-refractivity contribution in [1.82, 2.24) is 0 Å². The summed E-state index contributed by atoms with van der Waals surface area (Å²) in [5.74, 6) is -1.24. The first-order valence-corrected chi connectivity index (χ1v) is 6.83. The van der Waals surface area contributed by atoms with Crippen LogP contribution in [0, 0.1) is 18.6 Å². The van der Waals surface area contributed by atoms with Gasteiger partial charge in [0.25, 0.3) is 0 Å². The minimum absolute atomic E-state index is 0.00407. The third-order valence-electron chi connectivity index (χ3n) is 2.82. The molecule has 0 amide bonds. The molecule has 0 aliphatic heterocycles. The van der Waals surface area contributed by atoms with Crippen LogP contribution in [0.1, 0.15) is 70.1 Å². The summed E-state index contributed by atoms with van der Waals surface area (Å²) < 4.78 is 27.7. The van der Waals surface area contributed by atoms with Crippen LogP contribution in [-0.2, 0) is 0 Å². The fraction of sp³-hybridized carbons (Fsp3) is 0.600. The normalized spacial score (nSPS) is 10.7. The lowest BCUT2D eigenvalue weighted by molar-refractivity contribution is 0.546. The molecule has 0 N–H and O–H groups in total. The molecule has 0 unspecified atom stereocenters. The Kier molecular flexibility index (Phi) is 6.83. The molecule has 0 aliphatic rings. The van der Waals surface area contributed by atoms with Gasteiger partial charge in [-0.3, -0.25) is 0 Å². The van der Waals surface area contributed by atoms with Crippen molar-refractivity contribution < 1.29 is 8.78 Å². The van der Waals surface area contributed by atoms with Crippen LogP contribution >= 0.6 is 11.6 Å². The monoisotopic (exact) mass is 276 g/mol. The molecule has 0 saturated heterocycles. The van der Waals surface area contributed by atoms with Crippen molar-refractivity contribution in [3.05, 3.63) is 33.3 Å². The second-order valence-corrected chi connectivity index (χ2v) is 5.08. The second kappa shape index (κ2) is 7.08. The average molecular weight is 277 g/mol. The largest absolute Gasteiger partial charge is 0.205 e. The van der Waals surface area contributed by atoms with Crippen LogP contribution in [0.2, 0.25) is 5.02 Å². The third kappa shape index (κ3) is 3.23. The predicted molar refractivity (Wildman–Crippen MR) is 75.6 cm³/mol. The van der Waals surface area contributed by atoms with Crippen LogP contribution in [-0.4, -0.2) is 0 Å². The van der Waals surface area contributed by atoms with Crippen LogP contribution < -0.4 is 0 Å². The Bertz CT molecular complexity index is 374. The van der Waals surface area contributed by atoms with E-state index in [9.17, 15) is 8.78 Å². The molecule has 3 heteroatoms. The molecule has 0 heterocycles. The van der Waals surface area contributed by atoms with E-state index in [1.807, 2.05) is 41.5 Å². The van der Waals surface area contributed by atoms with Crippen molar-refractivity contribution in [3.8, 4) is 0 Å². The molecular formula is C15H23ClF2. The van der Waals surface area contributed by atoms with Gasteiger partial charge in [-0.15, -0.1) is 0 Å². The van der Waals surface area contributed by atoms with Crippen molar-refractivity contribution in [2.24, 2.45) is 0 Å². The smallest absolute Gasteiger partial charge is 0.148 e. The molecule has 0 bridgehead atoms. The molecule has 0 atom stereocenters.